The van der Waals surface area contributed by atoms with E-state index in [1.165, 1.54) is 0 Å². The summed E-state index contributed by atoms with van der Waals surface area (Å²) in [6.07, 6.45) is 2.13. The Bertz CT molecular complexity index is 433. The van der Waals surface area contributed by atoms with Gasteiger partial charge < -0.3 is 9.57 Å². The van der Waals surface area contributed by atoms with Crippen LogP contribution in [0.1, 0.15) is 49.9 Å². The molecule has 116 valence electrons. The first kappa shape index (κ1) is 17.2. The van der Waals surface area contributed by atoms with Crippen molar-refractivity contribution in [2.45, 2.75) is 45.6 Å². The molecule has 5 nitrogen and oxygen atoms in total. The van der Waals surface area contributed by atoms with Gasteiger partial charge in [0.05, 0.1) is 5.56 Å². The maximum absolute atomic E-state index is 12.0. The number of ether oxygens (including phenoxy) is 1. The lowest BCUT2D eigenvalue weighted by Gasteiger charge is -2.16. The number of hydroxylamine groups is 1. The van der Waals surface area contributed by atoms with Gasteiger partial charge in [0.2, 0.25) is 6.10 Å². The molecule has 5 heteroatoms. The number of unbranched alkanes of at least 4 members (excludes halogenated alkanes) is 1. The standard InChI is InChI=1S/C16H23NO4/c1-3-5-11-14(16(19)21-17-12-4-2)20-15(18)13-9-7-6-8-10-13/h6-10,14,17H,3-5,11-12H2,1-2H3. The van der Waals surface area contributed by atoms with Gasteiger partial charge in [-0.25, -0.2) is 9.59 Å². The molecule has 0 aliphatic rings. The number of hydrogen-bond donors (Lipinski definition) is 1. The fourth-order valence-corrected chi connectivity index (χ4v) is 1.68. The first-order chi connectivity index (χ1) is 10.2. The number of esters is 1. The minimum absolute atomic E-state index is 0.424. The van der Waals surface area contributed by atoms with Crippen LogP contribution in [0.15, 0.2) is 30.3 Å². The molecule has 1 aromatic rings. The lowest BCUT2D eigenvalue weighted by atomic mass is 10.1. The van der Waals surface area contributed by atoms with Gasteiger partial charge in [0.25, 0.3) is 0 Å². The third-order valence-electron chi connectivity index (χ3n) is 2.87. The van der Waals surface area contributed by atoms with E-state index in [9.17, 15) is 9.59 Å². The fraction of sp³-hybridized carbons (Fsp3) is 0.500. The van der Waals surface area contributed by atoms with Crippen LogP contribution in [0.5, 0.6) is 0 Å². The third-order valence-corrected chi connectivity index (χ3v) is 2.87. The summed E-state index contributed by atoms with van der Waals surface area (Å²) in [5.74, 6) is -1.06. The number of carbonyl (C=O) groups excluding carboxylic acids is 2. The molecule has 1 atom stereocenters. The predicted octanol–water partition coefficient (Wildman–Crippen LogP) is 2.86. The second-order valence-electron chi connectivity index (χ2n) is 4.72. The fourth-order valence-electron chi connectivity index (χ4n) is 1.68. The van der Waals surface area contributed by atoms with E-state index in [0.717, 1.165) is 19.3 Å². The summed E-state index contributed by atoms with van der Waals surface area (Å²) in [6, 6.07) is 8.62. The van der Waals surface area contributed by atoms with E-state index in [4.69, 9.17) is 9.57 Å². The molecule has 0 amide bonds. The summed E-state index contributed by atoms with van der Waals surface area (Å²) in [6.45, 7) is 4.54. The summed E-state index contributed by atoms with van der Waals surface area (Å²) in [7, 11) is 0. The van der Waals surface area contributed by atoms with Crippen LogP contribution in [0.4, 0.5) is 0 Å². The summed E-state index contributed by atoms with van der Waals surface area (Å²) in [5, 5.41) is 0. The average Bonchev–Trinajstić information content (AvgIpc) is 2.52. The van der Waals surface area contributed by atoms with Crippen molar-refractivity contribution in [2.75, 3.05) is 6.54 Å². The molecule has 1 aromatic carbocycles. The van der Waals surface area contributed by atoms with Gasteiger partial charge in [-0.15, -0.1) is 0 Å². The predicted molar refractivity (Wildman–Crippen MR) is 79.6 cm³/mol. The Hall–Kier alpha value is -1.88. The van der Waals surface area contributed by atoms with Crippen molar-refractivity contribution < 1.29 is 19.2 Å². The second kappa shape index (κ2) is 9.94. The molecule has 21 heavy (non-hydrogen) atoms. The van der Waals surface area contributed by atoms with E-state index < -0.39 is 18.0 Å². The maximum atomic E-state index is 12.0. The van der Waals surface area contributed by atoms with Crippen LogP contribution in [0.3, 0.4) is 0 Å². The number of nitrogens with one attached hydrogen (secondary N) is 1. The number of hydrogen-bond acceptors (Lipinski definition) is 5. The molecule has 0 saturated heterocycles. The molecular formula is C16H23NO4. The molecule has 0 aliphatic carbocycles. The van der Waals surface area contributed by atoms with Gasteiger partial charge in [-0.05, 0) is 31.4 Å². The van der Waals surface area contributed by atoms with Gasteiger partial charge in [0.1, 0.15) is 0 Å². The Morgan fingerprint density at radius 2 is 1.86 bits per heavy atom. The minimum atomic E-state index is -0.873. The van der Waals surface area contributed by atoms with Crippen LogP contribution in [0.2, 0.25) is 0 Å². The molecule has 0 heterocycles. The Kier molecular flexibility index (Phi) is 8.12. The zero-order chi connectivity index (χ0) is 15.5. The molecule has 0 radical (unpaired) electrons. The molecule has 0 spiro atoms. The maximum Gasteiger partial charge on any atom is 0.366 e. The average molecular weight is 293 g/mol. The van der Waals surface area contributed by atoms with E-state index in [0.29, 0.717) is 18.5 Å². The molecule has 0 aromatic heterocycles. The van der Waals surface area contributed by atoms with E-state index >= 15 is 0 Å². The van der Waals surface area contributed by atoms with Crippen molar-refractivity contribution in [2.24, 2.45) is 0 Å². The van der Waals surface area contributed by atoms with Gasteiger partial charge >= 0.3 is 11.9 Å². The normalized spacial score (nSPS) is 11.7. The monoisotopic (exact) mass is 293 g/mol. The summed E-state index contributed by atoms with van der Waals surface area (Å²) in [5.41, 5.74) is 2.99. The van der Waals surface area contributed by atoms with Crippen molar-refractivity contribution in [3.63, 3.8) is 0 Å². The topological polar surface area (TPSA) is 64.6 Å². The molecule has 1 N–H and O–H groups in total. The van der Waals surface area contributed by atoms with Crippen LogP contribution >= 0.6 is 0 Å². The third kappa shape index (κ3) is 6.40. The summed E-state index contributed by atoms with van der Waals surface area (Å²) >= 11 is 0. The van der Waals surface area contributed by atoms with Crippen molar-refractivity contribution in [3.8, 4) is 0 Å². The Morgan fingerprint density at radius 1 is 1.14 bits per heavy atom. The van der Waals surface area contributed by atoms with E-state index in [1.54, 1.807) is 24.3 Å². The Balaban J connectivity index is 2.60. The second-order valence-corrected chi connectivity index (χ2v) is 4.72. The molecule has 0 aliphatic heterocycles. The van der Waals surface area contributed by atoms with E-state index in [1.807, 2.05) is 19.9 Å². The SMILES string of the molecule is CCCCC(OC(=O)c1ccccc1)C(=O)ONCCC. The highest BCUT2D eigenvalue weighted by Gasteiger charge is 2.24. The number of benzene rings is 1. The number of carbonyl (C=O) groups is 2. The van der Waals surface area contributed by atoms with Crippen molar-refractivity contribution in [3.05, 3.63) is 35.9 Å². The van der Waals surface area contributed by atoms with Crippen LogP contribution < -0.4 is 5.48 Å². The zero-order valence-corrected chi connectivity index (χ0v) is 12.6. The van der Waals surface area contributed by atoms with Crippen LogP contribution in [0.25, 0.3) is 0 Å². The van der Waals surface area contributed by atoms with E-state index in [-0.39, 0.29) is 0 Å². The molecule has 0 saturated carbocycles. The van der Waals surface area contributed by atoms with Crippen molar-refractivity contribution in [1.82, 2.24) is 5.48 Å². The minimum Gasteiger partial charge on any atom is -0.447 e. The van der Waals surface area contributed by atoms with Gasteiger partial charge in [-0.1, -0.05) is 38.5 Å². The quantitative estimate of drug-likeness (QED) is 0.431. The Morgan fingerprint density at radius 3 is 2.48 bits per heavy atom. The van der Waals surface area contributed by atoms with Gasteiger partial charge in [-0.3, -0.25) is 0 Å². The molecular weight excluding hydrogens is 270 g/mol. The van der Waals surface area contributed by atoms with Crippen molar-refractivity contribution in [1.29, 1.82) is 0 Å². The molecule has 0 fully saturated rings. The van der Waals surface area contributed by atoms with Gasteiger partial charge in [0.15, 0.2) is 0 Å². The highest BCUT2D eigenvalue weighted by atomic mass is 16.7. The van der Waals surface area contributed by atoms with Gasteiger partial charge in [-0.2, -0.15) is 5.48 Å². The van der Waals surface area contributed by atoms with Crippen LogP contribution in [0, 0.1) is 0 Å². The first-order valence-electron chi connectivity index (χ1n) is 7.38. The van der Waals surface area contributed by atoms with Crippen molar-refractivity contribution >= 4 is 11.9 Å². The van der Waals surface area contributed by atoms with Crippen LogP contribution in [-0.4, -0.2) is 24.6 Å². The lowest BCUT2D eigenvalue weighted by molar-refractivity contribution is -0.162. The Labute approximate surface area is 125 Å². The lowest BCUT2D eigenvalue weighted by Crippen LogP contribution is -2.33. The summed E-state index contributed by atoms with van der Waals surface area (Å²) < 4.78 is 5.28. The molecule has 1 rings (SSSR count). The van der Waals surface area contributed by atoms with Crippen LogP contribution in [-0.2, 0) is 14.4 Å². The number of rotatable bonds is 9. The molecule has 0 bridgehead atoms. The largest absolute Gasteiger partial charge is 0.447 e. The summed E-state index contributed by atoms with van der Waals surface area (Å²) in [4.78, 5) is 28.8. The molecule has 1 unspecified atom stereocenters. The zero-order valence-electron chi connectivity index (χ0n) is 12.6. The van der Waals surface area contributed by atoms with Gasteiger partial charge in [0, 0.05) is 6.54 Å². The van der Waals surface area contributed by atoms with E-state index in [2.05, 4.69) is 5.48 Å². The first-order valence-corrected chi connectivity index (χ1v) is 7.38. The highest BCUT2D eigenvalue weighted by molar-refractivity contribution is 5.91. The highest BCUT2D eigenvalue weighted by Crippen LogP contribution is 2.10. The smallest absolute Gasteiger partial charge is 0.366 e.